The van der Waals surface area contributed by atoms with E-state index in [0.717, 1.165) is 9.64 Å². The first kappa shape index (κ1) is 4.49. The first-order valence-corrected chi connectivity index (χ1v) is 3.57. The second-order valence-electron chi connectivity index (χ2n) is 0.168. The van der Waals surface area contributed by atoms with Crippen LogP contribution in [0.5, 0.6) is 0 Å². The van der Waals surface area contributed by atoms with Crippen LogP contribution in [0.1, 0.15) is 0 Å². The van der Waals surface area contributed by atoms with Gasteiger partial charge in [-0.2, -0.15) is 0 Å². The van der Waals surface area contributed by atoms with Crippen molar-refractivity contribution in [3.63, 3.8) is 0 Å². The Bertz CT molecular complexity index is 37.8. The molecule has 4 heavy (non-hydrogen) atoms. The summed E-state index contributed by atoms with van der Waals surface area (Å²) < 4.78 is 0. The third-order valence-electron chi connectivity index (χ3n) is 0.0345. The van der Waals surface area contributed by atoms with Gasteiger partial charge < -0.3 is 0 Å². The van der Waals surface area contributed by atoms with Crippen molar-refractivity contribution in [1.82, 2.24) is 0 Å². The number of hydrogen-bond donors (Lipinski definition) is 0. The van der Waals surface area contributed by atoms with Crippen LogP contribution in [-0.4, -0.2) is 0 Å². The molecule has 0 aromatic rings. The van der Waals surface area contributed by atoms with Crippen LogP contribution in [0.3, 0.4) is 0 Å². The van der Waals surface area contributed by atoms with E-state index in [4.69, 9.17) is 5.26 Å². The van der Waals surface area contributed by atoms with E-state index in [9.17, 15) is 0 Å². The zero-order valence-electron chi connectivity index (χ0n) is 1.73. The van der Waals surface area contributed by atoms with Crippen LogP contribution >= 0.6 is 9.64 Å². The number of rotatable bonds is 0. The Morgan fingerprint density at radius 1 is 2.00 bits per heavy atom. The molecule has 0 heterocycles. The molecule has 0 fully saturated rings. The molecule has 0 aliphatic rings. The van der Waals surface area contributed by atoms with E-state index in [2.05, 4.69) is 0 Å². The second-order valence-corrected chi connectivity index (χ2v) is 1.64. The van der Waals surface area contributed by atoms with E-state index in [-0.39, 0.29) is 0 Å². The molecule has 0 atom stereocenters. The summed E-state index contributed by atoms with van der Waals surface area (Å²) >= 11 is 1.91. The third kappa shape index (κ3) is 2.49. The summed E-state index contributed by atoms with van der Waals surface area (Å²) in [5, 5.41) is 9.41. The first-order valence-electron chi connectivity index (χ1n) is 0.582. The van der Waals surface area contributed by atoms with Gasteiger partial charge in [0.05, 0.1) is 0 Å². The van der Waals surface area contributed by atoms with Gasteiger partial charge in [0.1, 0.15) is 0 Å². The predicted octanol–water partition coefficient (Wildman–Crippen LogP) is 0.662. The van der Waals surface area contributed by atoms with Gasteiger partial charge in [-0.25, -0.2) is 0 Å². The molecule has 0 aromatic carbocycles. The van der Waals surface area contributed by atoms with Crippen molar-refractivity contribution < 1.29 is 17.7 Å². The van der Waals surface area contributed by atoms with Crippen molar-refractivity contribution >= 4 is 9.64 Å². The zero-order valence-corrected chi connectivity index (χ0v) is 4.41. The van der Waals surface area contributed by atoms with Crippen LogP contribution in [0.25, 0.3) is 0 Å². The molecule has 0 spiro atoms. The molecule has 0 saturated heterocycles. The summed E-state index contributed by atoms with van der Waals surface area (Å²) in [4.78, 5) is 0. The van der Waals surface area contributed by atoms with Gasteiger partial charge >= 0.3 is 38.0 Å². The van der Waals surface area contributed by atoms with Crippen molar-refractivity contribution in [1.29, 1.82) is 5.26 Å². The molecule has 22 valence electrons. The molecule has 0 aliphatic carbocycles. The van der Waals surface area contributed by atoms with Crippen molar-refractivity contribution in [2.24, 2.45) is 0 Å². The van der Waals surface area contributed by atoms with Gasteiger partial charge in [-0.05, 0) is 0 Å². The van der Waals surface area contributed by atoms with Gasteiger partial charge in [0, 0.05) is 0 Å². The average Bonchev–Trinajstić information content (AvgIpc) is 1.37. The fourth-order valence-corrected chi connectivity index (χ4v) is 0. The second kappa shape index (κ2) is 3.49. The molecule has 0 aliphatic heterocycles. The Labute approximate surface area is 38.3 Å². The van der Waals surface area contributed by atoms with E-state index in [1.165, 1.54) is 0 Å². The van der Waals surface area contributed by atoms with E-state index >= 15 is 0 Å². The van der Waals surface area contributed by atoms with Gasteiger partial charge in [-0.1, -0.05) is 0 Å². The number of hydrogen-bond acceptors (Lipinski definition) is 2. The summed E-state index contributed by atoms with van der Waals surface area (Å²) in [5.74, 6) is 0. The fraction of sp³-hybridized carbons (Fsp3) is 0. The Hall–Kier alpha value is 0.489. The van der Waals surface area contributed by atoms with Crippen LogP contribution in [0.2, 0.25) is 0 Å². The molecular weight excluding hydrogens is 156 g/mol. The maximum atomic E-state index is 7.58. The van der Waals surface area contributed by atoms with Gasteiger partial charge in [0.25, 0.3) is 0 Å². The fourth-order valence-electron chi connectivity index (χ4n) is 0. The molecular formula is CNSTc. The Balaban J connectivity index is 2.43. The topological polar surface area (TPSA) is 23.8 Å². The number of nitriles is 1. The summed E-state index contributed by atoms with van der Waals surface area (Å²) in [5.41, 5.74) is 0. The van der Waals surface area contributed by atoms with Crippen molar-refractivity contribution in [2.45, 2.75) is 0 Å². The average molecular weight is 156 g/mol. The van der Waals surface area contributed by atoms with Crippen molar-refractivity contribution in [3.8, 4) is 5.40 Å². The monoisotopic (exact) mass is 155 g/mol. The Morgan fingerprint density at radius 2 is 2.25 bits per heavy atom. The maximum absolute atomic E-state index is 7.58. The first-order chi connectivity index (χ1) is 1.91. The molecule has 0 aromatic heterocycles. The van der Waals surface area contributed by atoms with E-state index < -0.39 is 0 Å². The van der Waals surface area contributed by atoms with Crippen LogP contribution in [-0.2, 0) is 17.7 Å². The minimum absolute atomic E-state index is 1.13. The molecule has 0 unspecified atom stereocenters. The van der Waals surface area contributed by atoms with Gasteiger partial charge in [-0.15, -0.1) is 0 Å². The van der Waals surface area contributed by atoms with E-state index in [1.807, 2.05) is 23.1 Å². The van der Waals surface area contributed by atoms with Gasteiger partial charge in [-0.3, -0.25) is 0 Å². The van der Waals surface area contributed by atoms with E-state index in [1.54, 1.807) is 0 Å². The summed E-state index contributed by atoms with van der Waals surface area (Å²) in [7, 11) is 1.13. The van der Waals surface area contributed by atoms with Gasteiger partial charge in [0.15, 0.2) is 0 Å². The summed E-state index contributed by atoms with van der Waals surface area (Å²) in [6, 6.07) is 0. The minimum atomic E-state index is 1.13. The SMILES string of the molecule is N#C[S][Tc]. The predicted molar refractivity (Wildman–Crippen MR) is 13.2 cm³/mol. The third-order valence-corrected chi connectivity index (χ3v) is 0.612. The molecule has 0 saturated carbocycles. The quantitative estimate of drug-likeness (QED) is 0.481. The van der Waals surface area contributed by atoms with Crippen LogP contribution in [0.4, 0.5) is 0 Å². The zero-order chi connectivity index (χ0) is 3.41. The standard InChI is InChI=1S/CHNS.Tc/c2-1-3;/h3H;/q;+1/p-1. The molecule has 3 heteroatoms. The molecule has 0 radical (unpaired) electrons. The van der Waals surface area contributed by atoms with Crippen LogP contribution in [0.15, 0.2) is 0 Å². The molecule has 0 N–H and O–H groups in total. The van der Waals surface area contributed by atoms with Crippen molar-refractivity contribution in [2.75, 3.05) is 0 Å². The molecule has 1 nitrogen and oxygen atoms in total. The molecule has 0 rings (SSSR count). The van der Waals surface area contributed by atoms with Crippen molar-refractivity contribution in [3.05, 3.63) is 0 Å². The Morgan fingerprint density at radius 3 is 2.25 bits per heavy atom. The van der Waals surface area contributed by atoms with Gasteiger partial charge in [0.2, 0.25) is 0 Å². The van der Waals surface area contributed by atoms with Crippen LogP contribution in [0, 0.1) is 10.7 Å². The number of thiocyanates is 1. The number of nitrogens with zero attached hydrogens (tertiary/aromatic N) is 1. The molecule has 0 amide bonds. The Kier molecular flexibility index (Phi) is 3.92. The summed E-state index contributed by atoms with van der Waals surface area (Å²) in [6.45, 7) is 0. The molecule has 0 bridgehead atoms. The normalized spacial score (nSPS) is 5.00. The van der Waals surface area contributed by atoms with E-state index in [0.29, 0.717) is 0 Å². The summed E-state index contributed by atoms with van der Waals surface area (Å²) in [6.07, 6.45) is 0. The van der Waals surface area contributed by atoms with Crippen LogP contribution < -0.4 is 0 Å².